The fraction of sp³-hybridized carbons (Fsp3) is 0.231. The number of benzene rings is 1. The normalized spacial score (nSPS) is 10.5. The van der Waals surface area contributed by atoms with Crippen LogP contribution in [-0.4, -0.2) is 9.97 Å². The summed E-state index contributed by atoms with van der Waals surface area (Å²) >= 11 is 12.8. The van der Waals surface area contributed by atoms with Crippen LogP contribution in [0.3, 0.4) is 0 Å². The molecular formula is C13H12Br2ClN3. The Morgan fingerprint density at radius 3 is 2.68 bits per heavy atom. The fourth-order valence-electron chi connectivity index (χ4n) is 1.59. The first kappa shape index (κ1) is 14.8. The van der Waals surface area contributed by atoms with E-state index in [-0.39, 0.29) is 0 Å². The molecule has 0 atom stereocenters. The molecule has 0 bridgehead atoms. The summed E-state index contributed by atoms with van der Waals surface area (Å²) in [6.07, 6.45) is 1.88. The summed E-state index contributed by atoms with van der Waals surface area (Å²) < 4.78 is 1.63. The number of aromatic nitrogens is 2. The van der Waals surface area contributed by atoms with Crippen molar-refractivity contribution >= 4 is 55.0 Å². The van der Waals surface area contributed by atoms with Gasteiger partial charge in [-0.05, 0) is 56.5 Å². The molecule has 0 spiro atoms. The van der Waals surface area contributed by atoms with Crippen LogP contribution < -0.4 is 5.32 Å². The molecule has 19 heavy (non-hydrogen) atoms. The van der Waals surface area contributed by atoms with Crippen molar-refractivity contribution < 1.29 is 0 Å². The van der Waals surface area contributed by atoms with Gasteiger partial charge in [-0.1, -0.05) is 18.5 Å². The van der Waals surface area contributed by atoms with Crippen molar-refractivity contribution in [2.24, 2.45) is 0 Å². The minimum atomic E-state index is 0.682. The molecule has 1 N–H and O–H groups in total. The highest BCUT2D eigenvalue weighted by Crippen LogP contribution is 2.27. The molecule has 0 aliphatic heterocycles. The van der Waals surface area contributed by atoms with Gasteiger partial charge in [0.2, 0.25) is 0 Å². The third-order valence-corrected chi connectivity index (χ3v) is 4.03. The van der Waals surface area contributed by atoms with E-state index in [1.165, 1.54) is 0 Å². The number of anilines is 2. The first-order valence-corrected chi connectivity index (χ1v) is 7.80. The monoisotopic (exact) mass is 403 g/mol. The Kier molecular flexibility index (Phi) is 5.19. The van der Waals surface area contributed by atoms with Crippen molar-refractivity contribution in [2.75, 3.05) is 5.32 Å². The van der Waals surface area contributed by atoms with E-state index in [2.05, 4.69) is 54.1 Å². The van der Waals surface area contributed by atoms with Crippen LogP contribution in [0.15, 0.2) is 33.3 Å². The summed E-state index contributed by atoms with van der Waals surface area (Å²) in [4.78, 5) is 8.80. The average molecular weight is 406 g/mol. The molecule has 0 unspecified atom stereocenters. The maximum atomic E-state index is 5.97. The number of hydrogen-bond donors (Lipinski definition) is 1. The minimum Gasteiger partial charge on any atom is -0.340 e. The zero-order valence-corrected chi connectivity index (χ0v) is 14.2. The van der Waals surface area contributed by atoms with Crippen LogP contribution in [-0.2, 0) is 6.42 Å². The summed E-state index contributed by atoms with van der Waals surface area (Å²) in [6, 6.07) is 7.50. The lowest BCUT2D eigenvalue weighted by Gasteiger charge is -2.08. The van der Waals surface area contributed by atoms with Gasteiger partial charge in [-0.15, -0.1) is 0 Å². The molecule has 0 amide bonds. The molecule has 0 aliphatic carbocycles. The molecule has 2 aromatic rings. The third kappa shape index (κ3) is 4.16. The largest absolute Gasteiger partial charge is 0.340 e. The summed E-state index contributed by atoms with van der Waals surface area (Å²) in [5.74, 6) is 1.59. The second-order valence-corrected chi connectivity index (χ2v) is 6.07. The van der Waals surface area contributed by atoms with Crippen LogP contribution in [0.25, 0.3) is 0 Å². The standard InChI is InChI=1S/C13H12Br2ClN3/c1-2-3-12-18-11(15)7-13(19-12)17-8-4-5-10(16)9(14)6-8/h4-7H,2-3H2,1H3,(H,17,18,19). The smallest absolute Gasteiger partial charge is 0.135 e. The van der Waals surface area contributed by atoms with Gasteiger partial charge in [0.1, 0.15) is 16.2 Å². The molecule has 1 aromatic heterocycles. The fourth-order valence-corrected chi connectivity index (χ4v) is 2.50. The highest BCUT2D eigenvalue weighted by molar-refractivity contribution is 9.10. The van der Waals surface area contributed by atoms with E-state index < -0.39 is 0 Å². The van der Waals surface area contributed by atoms with E-state index in [1.54, 1.807) is 0 Å². The highest BCUT2D eigenvalue weighted by Gasteiger charge is 2.04. The number of hydrogen-bond acceptors (Lipinski definition) is 3. The lowest BCUT2D eigenvalue weighted by molar-refractivity contribution is 0.831. The summed E-state index contributed by atoms with van der Waals surface area (Å²) in [7, 11) is 0. The Bertz CT molecular complexity index is 590. The third-order valence-electron chi connectivity index (χ3n) is 2.41. The SMILES string of the molecule is CCCc1nc(Br)cc(Nc2ccc(Cl)c(Br)c2)n1. The zero-order valence-electron chi connectivity index (χ0n) is 10.3. The van der Waals surface area contributed by atoms with Gasteiger partial charge in [0.25, 0.3) is 0 Å². The second kappa shape index (κ2) is 6.68. The zero-order chi connectivity index (χ0) is 13.8. The Morgan fingerprint density at radius 1 is 1.21 bits per heavy atom. The Morgan fingerprint density at radius 2 is 2.00 bits per heavy atom. The number of aryl methyl sites for hydroxylation is 1. The molecule has 0 fully saturated rings. The van der Waals surface area contributed by atoms with Crippen LogP contribution >= 0.6 is 43.5 Å². The van der Waals surface area contributed by atoms with Crippen molar-refractivity contribution in [3.8, 4) is 0 Å². The summed E-state index contributed by atoms with van der Waals surface area (Å²) in [5, 5.41) is 3.92. The van der Waals surface area contributed by atoms with Crippen molar-refractivity contribution in [3.05, 3.63) is 44.2 Å². The molecule has 3 nitrogen and oxygen atoms in total. The Hall–Kier alpha value is -0.650. The lowest BCUT2D eigenvalue weighted by atomic mass is 10.3. The highest BCUT2D eigenvalue weighted by atomic mass is 79.9. The first-order valence-electron chi connectivity index (χ1n) is 5.84. The van der Waals surface area contributed by atoms with Crippen LogP contribution in [0.4, 0.5) is 11.5 Å². The molecule has 1 heterocycles. The van der Waals surface area contributed by atoms with Gasteiger partial charge in [0.15, 0.2) is 0 Å². The summed E-state index contributed by atoms with van der Waals surface area (Å²) in [5.41, 5.74) is 0.921. The topological polar surface area (TPSA) is 37.8 Å². The quantitative estimate of drug-likeness (QED) is 0.697. The number of halogens is 3. The molecule has 1 aromatic carbocycles. The van der Waals surface area contributed by atoms with Crippen molar-refractivity contribution in [1.82, 2.24) is 9.97 Å². The van der Waals surface area contributed by atoms with Gasteiger partial charge >= 0.3 is 0 Å². The van der Waals surface area contributed by atoms with Gasteiger partial charge in [-0.2, -0.15) is 0 Å². The first-order chi connectivity index (χ1) is 9.08. The Balaban J connectivity index is 2.24. The van der Waals surface area contributed by atoms with Gasteiger partial charge < -0.3 is 5.32 Å². The molecule has 100 valence electrons. The van der Waals surface area contributed by atoms with Crippen LogP contribution in [0.5, 0.6) is 0 Å². The predicted molar refractivity (Wildman–Crippen MR) is 86.2 cm³/mol. The lowest BCUT2D eigenvalue weighted by Crippen LogP contribution is -2.00. The van der Waals surface area contributed by atoms with E-state index in [0.717, 1.165) is 39.2 Å². The maximum absolute atomic E-state index is 5.97. The van der Waals surface area contributed by atoms with E-state index in [1.807, 2.05) is 24.3 Å². The molecule has 0 saturated carbocycles. The molecule has 0 radical (unpaired) electrons. The predicted octanol–water partition coefficient (Wildman–Crippen LogP) is 5.35. The number of nitrogens with one attached hydrogen (secondary N) is 1. The average Bonchev–Trinajstić information content (AvgIpc) is 2.33. The summed E-state index contributed by atoms with van der Waals surface area (Å²) in [6.45, 7) is 2.10. The minimum absolute atomic E-state index is 0.682. The van der Waals surface area contributed by atoms with Crippen molar-refractivity contribution in [1.29, 1.82) is 0 Å². The van der Waals surface area contributed by atoms with Crippen LogP contribution in [0.2, 0.25) is 5.02 Å². The van der Waals surface area contributed by atoms with Gasteiger partial charge in [0, 0.05) is 22.6 Å². The number of nitrogens with zero attached hydrogens (tertiary/aromatic N) is 2. The van der Waals surface area contributed by atoms with E-state index in [4.69, 9.17) is 11.6 Å². The van der Waals surface area contributed by atoms with Crippen molar-refractivity contribution in [3.63, 3.8) is 0 Å². The molecule has 6 heteroatoms. The van der Waals surface area contributed by atoms with E-state index in [0.29, 0.717) is 5.02 Å². The van der Waals surface area contributed by atoms with Gasteiger partial charge in [-0.25, -0.2) is 9.97 Å². The van der Waals surface area contributed by atoms with Crippen molar-refractivity contribution in [2.45, 2.75) is 19.8 Å². The second-order valence-electron chi connectivity index (χ2n) is 4.00. The van der Waals surface area contributed by atoms with Crippen LogP contribution in [0, 0.1) is 0 Å². The molecule has 2 rings (SSSR count). The van der Waals surface area contributed by atoms with Crippen LogP contribution in [0.1, 0.15) is 19.2 Å². The maximum Gasteiger partial charge on any atom is 0.135 e. The van der Waals surface area contributed by atoms with E-state index >= 15 is 0 Å². The Labute approximate surface area is 134 Å². The number of rotatable bonds is 4. The van der Waals surface area contributed by atoms with Gasteiger partial charge in [0.05, 0.1) is 5.02 Å². The molecular weight excluding hydrogens is 393 g/mol. The van der Waals surface area contributed by atoms with Gasteiger partial charge in [-0.3, -0.25) is 0 Å². The molecule has 0 saturated heterocycles. The van der Waals surface area contributed by atoms with E-state index in [9.17, 15) is 0 Å². The molecule has 0 aliphatic rings.